The van der Waals surface area contributed by atoms with Crippen LogP contribution in [0.1, 0.15) is 18.4 Å². The lowest BCUT2D eigenvalue weighted by molar-refractivity contribution is -0.128. The van der Waals surface area contributed by atoms with Crippen molar-refractivity contribution in [1.29, 1.82) is 0 Å². The first kappa shape index (κ1) is 13.9. The molecule has 0 radical (unpaired) electrons. The van der Waals surface area contributed by atoms with Gasteiger partial charge in [0.15, 0.2) is 11.5 Å². The van der Waals surface area contributed by atoms with Crippen LogP contribution >= 0.6 is 0 Å². The second-order valence-corrected chi connectivity index (χ2v) is 5.06. The molecule has 3 rings (SSSR count). The zero-order chi connectivity index (χ0) is 14.8. The second kappa shape index (κ2) is 5.71. The number of fused-ring (bicyclic) bond motifs is 1. The Balaban J connectivity index is 1.68. The molecule has 6 heteroatoms. The molecule has 1 fully saturated rings. The zero-order valence-electron chi connectivity index (χ0n) is 11.3. The van der Waals surface area contributed by atoms with E-state index in [0.29, 0.717) is 11.5 Å². The summed E-state index contributed by atoms with van der Waals surface area (Å²) in [4.78, 5) is 13.3. The van der Waals surface area contributed by atoms with E-state index in [0.717, 1.165) is 18.4 Å². The van der Waals surface area contributed by atoms with Gasteiger partial charge in [0.05, 0.1) is 6.54 Å². The van der Waals surface area contributed by atoms with Crippen LogP contribution < -0.4 is 9.47 Å². The predicted octanol–water partition coefficient (Wildman–Crippen LogP) is 2.68. The Morgan fingerprint density at radius 2 is 2.10 bits per heavy atom. The number of alkyl halides is 2. The van der Waals surface area contributed by atoms with Crippen molar-refractivity contribution in [3.05, 3.63) is 29.8 Å². The average molecular weight is 295 g/mol. The van der Waals surface area contributed by atoms with E-state index < -0.39 is 13.0 Å². The van der Waals surface area contributed by atoms with Crippen LogP contribution in [-0.2, 0) is 4.79 Å². The fourth-order valence-corrected chi connectivity index (χ4v) is 2.23. The molecule has 0 saturated heterocycles. The number of hydrogen-bond acceptors (Lipinski definition) is 3. The molecule has 2 aliphatic rings. The van der Waals surface area contributed by atoms with Crippen molar-refractivity contribution in [2.75, 3.05) is 13.3 Å². The molecule has 21 heavy (non-hydrogen) atoms. The highest BCUT2D eigenvalue weighted by Gasteiger charge is 2.33. The topological polar surface area (TPSA) is 38.8 Å². The van der Waals surface area contributed by atoms with E-state index in [1.807, 2.05) is 0 Å². The van der Waals surface area contributed by atoms with Gasteiger partial charge in [-0.05, 0) is 36.6 Å². The van der Waals surface area contributed by atoms with E-state index in [4.69, 9.17) is 9.47 Å². The molecule has 1 aliphatic heterocycles. The number of benzene rings is 1. The highest BCUT2D eigenvalue weighted by Crippen LogP contribution is 2.33. The van der Waals surface area contributed by atoms with E-state index in [1.165, 1.54) is 11.0 Å². The predicted molar refractivity (Wildman–Crippen MR) is 72.3 cm³/mol. The Morgan fingerprint density at radius 1 is 1.33 bits per heavy atom. The third kappa shape index (κ3) is 3.32. The van der Waals surface area contributed by atoms with Crippen molar-refractivity contribution < 1.29 is 23.0 Å². The molecule has 0 bridgehead atoms. The summed E-state index contributed by atoms with van der Waals surface area (Å²) in [5.41, 5.74) is 0.764. The van der Waals surface area contributed by atoms with Crippen molar-refractivity contribution in [2.45, 2.75) is 25.3 Å². The van der Waals surface area contributed by atoms with E-state index >= 15 is 0 Å². The van der Waals surface area contributed by atoms with Crippen LogP contribution in [0.4, 0.5) is 8.78 Å². The maximum Gasteiger partial charge on any atom is 0.255 e. The molecule has 112 valence electrons. The lowest BCUT2D eigenvalue weighted by Crippen LogP contribution is -2.35. The zero-order valence-corrected chi connectivity index (χ0v) is 11.3. The molecule has 0 spiro atoms. The molecule has 1 amide bonds. The smallest absolute Gasteiger partial charge is 0.255 e. The van der Waals surface area contributed by atoms with E-state index in [-0.39, 0.29) is 18.7 Å². The highest BCUT2D eigenvalue weighted by atomic mass is 19.3. The number of nitrogens with zero attached hydrogens (tertiary/aromatic N) is 1. The number of hydrogen-bond donors (Lipinski definition) is 0. The standard InChI is InChI=1S/C15H15F2NO3/c16-14(17)8-18(11-3-4-11)15(19)6-2-10-1-5-12-13(7-10)21-9-20-12/h1-2,5-7,11,14H,3-4,8-9H2. The fourth-order valence-electron chi connectivity index (χ4n) is 2.23. The fraction of sp³-hybridized carbons (Fsp3) is 0.400. The van der Waals surface area contributed by atoms with Crippen molar-refractivity contribution in [2.24, 2.45) is 0 Å². The second-order valence-electron chi connectivity index (χ2n) is 5.06. The van der Waals surface area contributed by atoms with Crippen LogP contribution in [0.5, 0.6) is 11.5 Å². The van der Waals surface area contributed by atoms with E-state index in [2.05, 4.69) is 0 Å². The van der Waals surface area contributed by atoms with Gasteiger partial charge in [0.25, 0.3) is 6.43 Å². The van der Waals surface area contributed by atoms with Crippen molar-refractivity contribution >= 4 is 12.0 Å². The molecule has 0 aromatic heterocycles. The van der Waals surface area contributed by atoms with Crippen molar-refractivity contribution in [3.63, 3.8) is 0 Å². The van der Waals surface area contributed by atoms with E-state index in [9.17, 15) is 13.6 Å². The van der Waals surface area contributed by atoms with Crippen LogP contribution in [0.2, 0.25) is 0 Å². The third-order valence-corrected chi connectivity index (χ3v) is 3.42. The van der Waals surface area contributed by atoms with Crippen molar-refractivity contribution in [1.82, 2.24) is 4.90 Å². The number of amides is 1. The molecule has 0 unspecified atom stereocenters. The minimum absolute atomic E-state index is 0.0343. The summed E-state index contributed by atoms with van der Waals surface area (Å²) in [6.07, 6.45) is 2.03. The maximum absolute atomic E-state index is 12.5. The van der Waals surface area contributed by atoms with Crippen LogP contribution in [0.15, 0.2) is 24.3 Å². The first-order valence-electron chi connectivity index (χ1n) is 6.80. The normalized spacial score (nSPS) is 16.7. The maximum atomic E-state index is 12.5. The van der Waals surface area contributed by atoms with Gasteiger partial charge in [-0.1, -0.05) is 6.07 Å². The minimum Gasteiger partial charge on any atom is -0.454 e. The molecule has 1 saturated carbocycles. The molecule has 4 nitrogen and oxygen atoms in total. The van der Waals surface area contributed by atoms with Crippen molar-refractivity contribution in [3.8, 4) is 11.5 Å². The first-order valence-corrected chi connectivity index (χ1v) is 6.80. The number of carbonyl (C=O) groups is 1. The van der Waals surface area contributed by atoms with Gasteiger partial charge in [-0.25, -0.2) is 8.78 Å². The van der Waals surface area contributed by atoms with Crippen LogP contribution in [-0.4, -0.2) is 36.6 Å². The van der Waals surface area contributed by atoms with Gasteiger partial charge in [-0.15, -0.1) is 0 Å². The van der Waals surface area contributed by atoms with Crippen LogP contribution in [0.3, 0.4) is 0 Å². The molecular weight excluding hydrogens is 280 g/mol. The molecule has 0 atom stereocenters. The molecule has 1 aromatic rings. The monoisotopic (exact) mass is 295 g/mol. The number of rotatable bonds is 5. The number of halogens is 2. The van der Waals surface area contributed by atoms with E-state index in [1.54, 1.807) is 24.3 Å². The van der Waals surface area contributed by atoms with Crippen LogP contribution in [0, 0.1) is 0 Å². The Morgan fingerprint density at radius 3 is 2.81 bits per heavy atom. The summed E-state index contributed by atoms with van der Waals surface area (Å²) in [6, 6.07) is 5.25. The van der Waals surface area contributed by atoms with Gasteiger partial charge in [0.2, 0.25) is 12.7 Å². The van der Waals surface area contributed by atoms with Gasteiger partial charge in [-0.2, -0.15) is 0 Å². The lowest BCUT2D eigenvalue weighted by Gasteiger charge is -2.20. The summed E-state index contributed by atoms with van der Waals surface area (Å²) in [7, 11) is 0. The summed E-state index contributed by atoms with van der Waals surface area (Å²) < 4.78 is 35.4. The SMILES string of the molecule is O=C(C=Cc1ccc2c(c1)OCO2)N(CC(F)F)C1CC1. The first-order chi connectivity index (χ1) is 10.1. The largest absolute Gasteiger partial charge is 0.454 e. The molecular formula is C15H15F2NO3. The van der Waals surface area contributed by atoms with Gasteiger partial charge < -0.3 is 14.4 Å². The summed E-state index contributed by atoms with van der Waals surface area (Å²) >= 11 is 0. The van der Waals surface area contributed by atoms with Crippen LogP contribution in [0.25, 0.3) is 6.08 Å². The average Bonchev–Trinajstić information content (AvgIpc) is 3.19. The Hall–Kier alpha value is -2.11. The molecule has 1 aliphatic carbocycles. The summed E-state index contributed by atoms with van der Waals surface area (Å²) in [5.74, 6) is 0.905. The number of carbonyl (C=O) groups excluding carboxylic acids is 1. The third-order valence-electron chi connectivity index (χ3n) is 3.42. The quantitative estimate of drug-likeness (QED) is 0.784. The van der Waals surface area contributed by atoms with Gasteiger partial charge >= 0.3 is 0 Å². The summed E-state index contributed by atoms with van der Waals surface area (Å²) in [6.45, 7) is -0.319. The van der Waals surface area contributed by atoms with Gasteiger partial charge in [-0.3, -0.25) is 4.79 Å². The lowest BCUT2D eigenvalue weighted by atomic mass is 10.2. The summed E-state index contributed by atoms with van der Waals surface area (Å²) in [5, 5.41) is 0. The van der Waals surface area contributed by atoms with Gasteiger partial charge in [0, 0.05) is 12.1 Å². The minimum atomic E-state index is -2.51. The Labute approximate surface area is 120 Å². The molecule has 1 aromatic carbocycles. The Kier molecular flexibility index (Phi) is 3.77. The molecule has 1 heterocycles. The molecule has 0 N–H and O–H groups in total. The Bertz CT molecular complexity index is 570. The van der Waals surface area contributed by atoms with Gasteiger partial charge in [0.1, 0.15) is 0 Å². The highest BCUT2D eigenvalue weighted by molar-refractivity contribution is 5.92. The number of ether oxygens (including phenoxy) is 2.